The highest BCUT2D eigenvalue weighted by Crippen LogP contribution is 2.21. The summed E-state index contributed by atoms with van der Waals surface area (Å²) < 4.78 is 32.7. The van der Waals surface area contributed by atoms with Gasteiger partial charge in [-0.05, 0) is 46.6 Å². The zero-order chi connectivity index (χ0) is 20.5. The first-order valence-electron chi connectivity index (χ1n) is 8.95. The summed E-state index contributed by atoms with van der Waals surface area (Å²) in [6.45, 7) is 1.47. The molecule has 0 fully saturated rings. The number of ketones is 1. The highest BCUT2D eigenvalue weighted by Gasteiger charge is 2.23. The highest BCUT2D eigenvalue weighted by atomic mass is 79.9. The van der Waals surface area contributed by atoms with Gasteiger partial charge in [0.25, 0.3) is 5.91 Å². The third-order valence-electron chi connectivity index (χ3n) is 4.07. The van der Waals surface area contributed by atoms with Crippen molar-refractivity contribution in [3.63, 3.8) is 0 Å². The van der Waals surface area contributed by atoms with Crippen molar-refractivity contribution in [1.29, 1.82) is 0 Å². The fraction of sp³-hybridized carbons (Fsp3) is 0.350. The van der Waals surface area contributed by atoms with Crippen molar-refractivity contribution in [3.05, 3.63) is 58.3 Å². The van der Waals surface area contributed by atoms with Crippen LogP contribution in [-0.4, -0.2) is 29.3 Å². The Hall–Kier alpha value is -2.35. The lowest BCUT2D eigenvalue weighted by Gasteiger charge is -2.18. The molecule has 2 aromatic rings. The second kappa shape index (κ2) is 10.8. The predicted molar refractivity (Wildman–Crippen MR) is 104 cm³/mol. The van der Waals surface area contributed by atoms with Gasteiger partial charge in [0, 0.05) is 6.20 Å². The molecule has 1 amide bonds. The molecule has 28 heavy (non-hydrogen) atoms. The van der Waals surface area contributed by atoms with Gasteiger partial charge in [0.1, 0.15) is 11.2 Å². The maximum absolute atomic E-state index is 13.7. The van der Waals surface area contributed by atoms with E-state index >= 15 is 0 Å². The van der Waals surface area contributed by atoms with Crippen LogP contribution in [-0.2, 0) is 4.79 Å². The molecule has 0 aliphatic rings. The van der Waals surface area contributed by atoms with Gasteiger partial charge >= 0.3 is 0 Å². The van der Waals surface area contributed by atoms with Crippen LogP contribution >= 0.6 is 15.9 Å². The summed E-state index contributed by atoms with van der Waals surface area (Å²) >= 11 is 3.20. The third-order valence-corrected chi connectivity index (χ3v) is 4.70. The smallest absolute Gasteiger partial charge is 0.254 e. The molecule has 1 N–H and O–H groups in total. The van der Waals surface area contributed by atoms with E-state index in [-0.39, 0.29) is 5.56 Å². The molecule has 1 aromatic carbocycles. The molecule has 0 aliphatic heterocycles. The summed E-state index contributed by atoms with van der Waals surface area (Å²) in [6.07, 6.45) is 4.48. The molecular weight excluding hydrogens is 434 g/mol. The van der Waals surface area contributed by atoms with E-state index in [1.165, 1.54) is 12.3 Å². The van der Waals surface area contributed by atoms with Crippen LogP contribution in [0, 0.1) is 11.6 Å². The lowest BCUT2D eigenvalue weighted by molar-refractivity contribution is -0.123. The number of carbonyl (C=O) groups is 2. The van der Waals surface area contributed by atoms with Crippen LogP contribution in [0.1, 0.15) is 43.0 Å². The molecule has 0 saturated heterocycles. The van der Waals surface area contributed by atoms with E-state index in [4.69, 9.17) is 4.74 Å². The lowest BCUT2D eigenvalue weighted by Crippen LogP contribution is -2.43. The van der Waals surface area contributed by atoms with E-state index < -0.39 is 41.7 Å². The quantitative estimate of drug-likeness (QED) is 0.425. The summed E-state index contributed by atoms with van der Waals surface area (Å²) in [4.78, 5) is 29.1. The number of hydrogen-bond acceptors (Lipinski definition) is 4. The topological polar surface area (TPSA) is 68.3 Å². The number of benzene rings is 1. The van der Waals surface area contributed by atoms with Gasteiger partial charge in [-0.25, -0.2) is 13.8 Å². The SMILES string of the molecule is CCCCC[C@H](NC(=O)c1cccnc1Br)C(=O)COc1c(F)cccc1F. The molecule has 2 rings (SSSR count). The first-order valence-corrected chi connectivity index (χ1v) is 9.74. The molecule has 0 saturated carbocycles. The first-order chi connectivity index (χ1) is 13.4. The van der Waals surface area contributed by atoms with Crippen molar-refractivity contribution in [2.24, 2.45) is 0 Å². The molecular formula is C20H21BrF2N2O3. The number of halogens is 3. The van der Waals surface area contributed by atoms with Crippen LogP contribution in [0.5, 0.6) is 5.75 Å². The van der Waals surface area contributed by atoms with Crippen molar-refractivity contribution in [1.82, 2.24) is 10.3 Å². The number of nitrogens with one attached hydrogen (secondary N) is 1. The number of carbonyl (C=O) groups excluding carboxylic acids is 2. The van der Waals surface area contributed by atoms with Gasteiger partial charge in [-0.3, -0.25) is 9.59 Å². The van der Waals surface area contributed by atoms with Gasteiger partial charge in [0.05, 0.1) is 11.6 Å². The molecule has 0 bridgehead atoms. The number of nitrogens with zero attached hydrogens (tertiary/aromatic N) is 1. The van der Waals surface area contributed by atoms with Gasteiger partial charge in [-0.2, -0.15) is 0 Å². The maximum Gasteiger partial charge on any atom is 0.254 e. The van der Waals surface area contributed by atoms with Crippen molar-refractivity contribution in [2.75, 3.05) is 6.61 Å². The number of aromatic nitrogens is 1. The van der Waals surface area contributed by atoms with E-state index in [0.29, 0.717) is 11.0 Å². The number of Topliss-reactive ketones (excluding diaryl/α,β-unsaturated/α-hetero) is 1. The Morgan fingerprint density at radius 3 is 2.54 bits per heavy atom. The number of amides is 1. The number of ether oxygens (including phenoxy) is 1. The van der Waals surface area contributed by atoms with Crippen LogP contribution in [0.3, 0.4) is 0 Å². The Labute approximate surface area is 170 Å². The van der Waals surface area contributed by atoms with Crippen molar-refractivity contribution < 1.29 is 23.1 Å². The summed E-state index contributed by atoms with van der Waals surface area (Å²) in [5.74, 6) is -3.32. The molecule has 1 heterocycles. The monoisotopic (exact) mass is 454 g/mol. The maximum atomic E-state index is 13.7. The summed E-state index contributed by atoms with van der Waals surface area (Å²) in [7, 11) is 0. The van der Waals surface area contributed by atoms with Crippen LogP contribution in [0.15, 0.2) is 41.1 Å². The van der Waals surface area contributed by atoms with Gasteiger partial charge in [0.2, 0.25) is 0 Å². The fourth-order valence-electron chi connectivity index (χ4n) is 2.57. The fourth-order valence-corrected chi connectivity index (χ4v) is 3.00. The van der Waals surface area contributed by atoms with Crippen LogP contribution in [0.4, 0.5) is 8.78 Å². The molecule has 0 spiro atoms. The third kappa shape index (κ3) is 6.09. The number of hydrogen-bond donors (Lipinski definition) is 1. The minimum absolute atomic E-state index is 0.289. The second-order valence-corrected chi connectivity index (χ2v) is 6.92. The van der Waals surface area contributed by atoms with Gasteiger partial charge < -0.3 is 10.1 Å². The molecule has 0 aliphatic carbocycles. The van der Waals surface area contributed by atoms with Gasteiger partial charge in [-0.1, -0.05) is 32.3 Å². The summed E-state index contributed by atoms with van der Waals surface area (Å²) in [5.41, 5.74) is 0.289. The molecule has 0 unspecified atom stereocenters. The molecule has 0 radical (unpaired) electrons. The average Bonchev–Trinajstić information content (AvgIpc) is 2.67. The minimum atomic E-state index is -0.890. The van der Waals surface area contributed by atoms with E-state index in [2.05, 4.69) is 26.2 Å². The van der Waals surface area contributed by atoms with E-state index in [1.54, 1.807) is 12.1 Å². The van der Waals surface area contributed by atoms with Crippen LogP contribution in [0.25, 0.3) is 0 Å². The number of pyridine rings is 1. The van der Waals surface area contributed by atoms with Gasteiger partial charge in [-0.15, -0.1) is 0 Å². The second-order valence-electron chi connectivity index (χ2n) is 6.17. The van der Waals surface area contributed by atoms with Crippen LogP contribution in [0.2, 0.25) is 0 Å². The molecule has 150 valence electrons. The lowest BCUT2D eigenvalue weighted by atomic mass is 10.0. The van der Waals surface area contributed by atoms with Crippen molar-refractivity contribution in [3.8, 4) is 5.75 Å². The zero-order valence-electron chi connectivity index (χ0n) is 15.4. The average molecular weight is 455 g/mol. The minimum Gasteiger partial charge on any atom is -0.480 e. The van der Waals surface area contributed by atoms with Crippen molar-refractivity contribution in [2.45, 2.75) is 38.6 Å². The Balaban J connectivity index is 2.07. The molecule has 8 heteroatoms. The van der Waals surface area contributed by atoms with E-state index in [0.717, 1.165) is 31.4 Å². The largest absolute Gasteiger partial charge is 0.480 e. The molecule has 1 aromatic heterocycles. The number of rotatable bonds is 10. The Morgan fingerprint density at radius 2 is 1.89 bits per heavy atom. The van der Waals surface area contributed by atoms with E-state index in [1.807, 2.05) is 6.92 Å². The zero-order valence-corrected chi connectivity index (χ0v) is 17.0. The Morgan fingerprint density at radius 1 is 1.18 bits per heavy atom. The molecule has 1 atom stereocenters. The van der Waals surface area contributed by atoms with Gasteiger partial charge in [0.15, 0.2) is 23.2 Å². The Bertz CT molecular complexity index is 813. The Kier molecular flexibility index (Phi) is 8.50. The number of para-hydroxylation sites is 1. The highest BCUT2D eigenvalue weighted by molar-refractivity contribution is 9.10. The van der Waals surface area contributed by atoms with Crippen molar-refractivity contribution >= 4 is 27.6 Å². The number of unbranched alkanes of at least 4 members (excludes halogenated alkanes) is 2. The standard InChI is InChI=1S/C20H21BrF2N2O3/c1-2-3-4-10-16(25-20(27)13-7-6-11-24-19(13)21)17(26)12-28-18-14(22)8-5-9-15(18)23/h5-9,11,16H,2-4,10,12H2,1H3,(H,25,27)/t16-/m0/s1. The molecule has 5 nitrogen and oxygen atoms in total. The predicted octanol–water partition coefficient (Wildman–Crippen LogP) is 4.45. The van der Waals surface area contributed by atoms with Crippen LogP contribution < -0.4 is 10.1 Å². The normalized spacial score (nSPS) is 11.7. The van der Waals surface area contributed by atoms with E-state index in [9.17, 15) is 18.4 Å². The summed E-state index contributed by atoms with van der Waals surface area (Å²) in [5, 5.41) is 2.67. The first kappa shape index (κ1) is 21.9. The summed E-state index contributed by atoms with van der Waals surface area (Å²) in [6, 6.07) is 5.65.